The predicted molar refractivity (Wildman–Crippen MR) is 183 cm³/mol. The predicted octanol–water partition coefficient (Wildman–Crippen LogP) is 8.34. The fourth-order valence-corrected chi connectivity index (χ4v) is 11.1. The van der Waals surface area contributed by atoms with Crippen LogP contribution in [-0.2, 0) is 14.4 Å². The summed E-state index contributed by atoms with van der Waals surface area (Å²) in [5.41, 5.74) is 0.925. The molecular formula is C41H49N3O3. The van der Waals surface area contributed by atoms with E-state index in [0.717, 1.165) is 56.1 Å². The Balaban J connectivity index is 1.42. The number of rotatable bonds is 3. The third-order valence-corrected chi connectivity index (χ3v) is 14.0. The average Bonchev–Trinajstić information content (AvgIpc) is 3.00. The topological polar surface area (TPSA) is 91.4 Å². The van der Waals surface area contributed by atoms with E-state index in [-0.39, 0.29) is 57.2 Å². The number of carbonyl (C=O) groups is 3. The van der Waals surface area contributed by atoms with E-state index in [1.54, 1.807) is 0 Å². The van der Waals surface area contributed by atoms with E-state index in [2.05, 4.69) is 50.8 Å². The van der Waals surface area contributed by atoms with Crippen molar-refractivity contribution < 1.29 is 14.4 Å². The second-order valence-electron chi connectivity index (χ2n) is 17.4. The van der Waals surface area contributed by atoms with Crippen molar-refractivity contribution in [1.82, 2.24) is 5.32 Å². The minimum absolute atomic E-state index is 0.00510. The number of carbonyl (C=O) groups excluding carboxylic acids is 3. The number of hydrogen-bond acceptors (Lipinski definition) is 4. The molecule has 47 heavy (non-hydrogen) atoms. The first-order valence-electron chi connectivity index (χ1n) is 17.3. The fraction of sp³-hybridized carbons (Fsp3) is 0.585. The highest BCUT2D eigenvalue weighted by atomic mass is 16.2. The molecule has 5 aliphatic rings. The number of aryl methyl sites for hydroxylation is 1. The summed E-state index contributed by atoms with van der Waals surface area (Å²) in [6.45, 7) is 25.1. The summed E-state index contributed by atoms with van der Waals surface area (Å²) in [6.07, 6.45) is 11.1. The number of Topliss-reactive ketones (excluding diaryl/α,β-unsaturated/α-hetero) is 1. The first kappa shape index (κ1) is 33.1. The molecule has 7 atom stereocenters. The summed E-state index contributed by atoms with van der Waals surface area (Å²) >= 11 is 0. The number of benzene rings is 1. The molecule has 0 aromatic heterocycles. The number of amides is 1. The van der Waals surface area contributed by atoms with E-state index in [1.165, 1.54) is 6.08 Å². The highest BCUT2D eigenvalue weighted by molar-refractivity contribution is 6.03. The Labute approximate surface area is 280 Å². The monoisotopic (exact) mass is 631 g/mol. The second kappa shape index (κ2) is 10.6. The number of nitriles is 1. The van der Waals surface area contributed by atoms with E-state index in [4.69, 9.17) is 6.57 Å². The number of fused-ring (bicyclic) bond motifs is 7. The highest BCUT2D eigenvalue weighted by Gasteiger charge is 2.70. The van der Waals surface area contributed by atoms with Crippen molar-refractivity contribution in [3.63, 3.8) is 0 Å². The summed E-state index contributed by atoms with van der Waals surface area (Å²) in [5.74, 6) is -0.583. The molecule has 0 radical (unpaired) electrons. The number of allylic oxidation sites excluding steroid dienone is 5. The molecule has 0 bridgehead atoms. The molecule has 1 aromatic carbocycles. The lowest BCUT2D eigenvalue weighted by atomic mass is 9.35. The summed E-state index contributed by atoms with van der Waals surface area (Å²) < 4.78 is 0. The SMILES string of the molecule is [C-]#[N+]C1=C[C@]2(C)C3=CC(=O)[C@@H]4[C@@H]5CC(C)(C)CC[C@]5(NC(=O)/C=C(\C#N)c5ccc(C)cc5)CC[C@@]4(C)[C@]3(C)CC[C@H]2C(C)(C)C1=O. The zero-order valence-corrected chi connectivity index (χ0v) is 29.3. The van der Waals surface area contributed by atoms with Crippen molar-refractivity contribution in [3.05, 3.63) is 76.3 Å². The molecule has 3 saturated carbocycles. The average molecular weight is 632 g/mol. The molecule has 1 amide bonds. The lowest BCUT2D eigenvalue weighted by molar-refractivity contribution is -0.163. The van der Waals surface area contributed by atoms with Crippen LogP contribution < -0.4 is 5.32 Å². The Kier molecular flexibility index (Phi) is 7.49. The maximum Gasteiger partial charge on any atom is 0.245 e. The van der Waals surface area contributed by atoms with E-state index in [1.807, 2.05) is 57.2 Å². The van der Waals surface area contributed by atoms with Gasteiger partial charge >= 0.3 is 0 Å². The molecule has 0 heterocycles. The summed E-state index contributed by atoms with van der Waals surface area (Å²) in [4.78, 5) is 45.6. The molecule has 1 N–H and O–H groups in total. The third-order valence-electron chi connectivity index (χ3n) is 14.0. The highest BCUT2D eigenvalue weighted by Crippen LogP contribution is 2.73. The molecule has 3 fully saturated rings. The summed E-state index contributed by atoms with van der Waals surface area (Å²) in [6, 6.07) is 9.83. The van der Waals surface area contributed by atoms with E-state index in [9.17, 15) is 19.6 Å². The summed E-state index contributed by atoms with van der Waals surface area (Å²) in [7, 11) is 0. The zero-order valence-electron chi connectivity index (χ0n) is 29.3. The molecule has 6 heteroatoms. The van der Waals surface area contributed by atoms with Crippen molar-refractivity contribution in [2.45, 2.75) is 106 Å². The van der Waals surface area contributed by atoms with Gasteiger partial charge in [-0.25, -0.2) is 4.85 Å². The van der Waals surface area contributed by atoms with Crippen molar-refractivity contribution in [2.75, 3.05) is 0 Å². The minimum atomic E-state index is -0.694. The summed E-state index contributed by atoms with van der Waals surface area (Å²) in [5, 5.41) is 13.4. The Hall–Kier alpha value is -3.77. The van der Waals surface area contributed by atoms with Crippen molar-refractivity contribution in [1.29, 1.82) is 5.26 Å². The largest absolute Gasteiger partial charge is 0.347 e. The van der Waals surface area contributed by atoms with Gasteiger partial charge in [0, 0.05) is 28.4 Å². The molecule has 6 nitrogen and oxygen atoms in total. The van der Waals surface area contributed by atoms with Gasteiger partial charge in [0.05, 0.1) is 18.2 Å². The molecule has 0 aliphatic heterocycles. The number of nitrogens with one attached hydrogen (secondary N) is 1. The van der Waals surface area contributed by atoms with Crippen LogP contribution in [0.1, 0.15) is 105 Å². The smallest absolute Gasteiger partial charge is 0.245 e. The van der Waals surface area contributed by atoms with Crippen molar-refractivity contribution >= 4 is 23.0 Å². The van der Waals surface area contributed by atoms with E-state index >= 15 is 0 Å². The van der Waals surface area contributed by atoms with Crippen LogP contribution in [0.15, 0.2) is 53.8 Å². The molecule has 0 unspecified atom stereocenters. The molecule has 1 aromatic rings. The first-order valence-corrected chi connectivity index (χ1v) is 17.3. The molecule has 0 spiro atoms. The van der Waals surface area contributed by atoms with Crippen LogP contribution >= 0.6 is 0 Å². The van der Waals surface area contributed by atoms with Crippen LogP contribution in [0.5, 0.6) is 0 Å². The lowest BCUT2D eigenvalue weighted by Crippen LogP contribution is -2.69. The van der Waals surface area contributed by atoms with Gasteiger partial charge in [-0.05, 0) is 91.6 Å². The third kappa shape index (κ3) is 4.73. The van der Waals surface area contributed by atoms with Gasteiger partial charge < -0.3 is 10.1 Å². The lowest BCUT2D eigenvalue weighted by Gasteiger charge is -2.69. The quantitative estimate of drug-likeness (QED) is 0.206. The number of nitrogens with zero attached hydrogens (tertiary/aromatic N) is 2. The van der Waals surface area contributed by atoms with Crippen LogP contribution in [0.3, 0.4) is 0 Å². The Morgan fingerprint density at radius 3 is 2.30 bits per heavy atom. The van der Waals surface area contributed by atoms with Gasteiger partial charge in [0.2, 0.25) is 11.6 Å². The van der Waals surface area contributed by atoms with Crippen LogP contribution in [0.25, 0.3) is 10.4 Å². The number of hydrogen-bond donors (Lipinski definition) is 1. The fourth-order valence-electron chi connectivity index (χ4n) is 11.1. The Morgan fingerprint density at radius 2 is 1.66 bits per heavy atom. The van der Waals surface area contributed by atoms with Gasteiger partial charge in [-0.15, -0.1) is 0 Å². The molecule has 0 saturated heterocycles. The maximum absolute atomic E-state index is 14.8. The normalized spacial score (nSPS) is 38.6. The first-order chi connectivity index (χ1) is 21.9. The molecule has 5 aliphatic carbocycles. The van der Waals surface area contributed by atoms with Crippen LogP contribution in [0, 0.1) is 69.7 Å². The molecule has 246 valence electrons. The second-order valence-corrected chi connectivity index (χ2v) is 17.4. The van der Waals surface area contributed by atoms with Crippen molar-refractivity contribution in [3.8, 4) is 6.07 Å². The minimum Gasteiger partial charge on any atom is -0.347 e. The van der Waals surface area contributed by atoms with Gasteiger partial charge in [-0.3, -0.25) is 9.59 Å². The number of ketones is 2. The Bertz CT molecular complexity index is 1750. The van der Waals surface area contributed by atoms with Gasteiger partial charge in [0.15, 0.2) is 11.6 Å². The van der Waals surface area contributed by atoms with Crippen LogP contribution in [0.4, 0.5) is 0 Å². The van der Waals surface area contributed by atoms with Crippen LogP contribution in [-0.4, -0.2) is 23.0 Å². The maximum atomic E-state index is 14.8. The Morgan fingerprint density at radius 1 is 1.00 bits per heavy atom. The zero-order chi connectivity index (χ0) is 34.4. The van der Waals surface area contributed by atoms with Gasteiger partial charge in [0.25, 0.3) is 0 Å². The van der Waals surface area contributed by atoms with E-state index < -0.39 is 16.4 Å². The molecular weight excluding hydrogens is 582 g/mol. The van der Waals surface area contributed by atoms with Gasteiger partial charge in [0.1, 0.15) is 0 Å². The standard InChI is InChI=1S/C41H49N3O3/c1-25-10-12-26(13-11-25)27(24-42)20-33(46)44-41-18-16-36(2,3)22-28(41)34-30(45)21-32-38(6)23-29(43-9)35(47)37(4,5)31(38)14-15-39(32,7)40(34,8)17-19-41/h10-13,20-21,23,28,31,34H,14-19,22H2,1-8H3,(H,44,46)/b27-20+/t28-,31-,34-,38-,39+,40+,41-/m0/s1. The van der Waals surface area contributed by atoms with Crippen molar-refractivity contribution in [2.24, 2.45) is 44.8 Å². The van der Waals surface area contributed by atoms with E-state index in [0.29, 0.717) is 11.1 Å². The molecule has 6 rings (SSSR count). The van der Waals surface area contributed by atoms with Gasteiger partial charge in [-0.2, -0.15) is 5.26 Å². The van der Waals surface area contributed by atoms with Gasteiger partial charge in [-0.1, -0.05) is 89.9 Å². The van der Waals surface area contributed by atoms with Crippen LogP contribution in [0.2, 0.25) is 0 Å².